The predicted molar refractivity (Wildman–Crippen MR) is 135 cm³/mol. The fourth-order valence-corrected chi connectivity index (χ4v) is 6.27. The van der Waals surface area contributed by atoms with Crippen LogP contribution in [0.2, 0.25) is 0 Å². The number of sulfonamides is 1. The van der Waals surface area contributed by atoms with Crippen LogP contribution in [0.3, 0.4) is 0 Å². The number of carbonyl (C=O) groups is 2. The molecule has 0 saturated heterocycles. The van der Waals surface area contributed by atoms with Crippen molar-refractivity contribution >= 4 is 44.5 Å². The molecule has 0 spiro atoms. The van der Waals surface area contributed by atoms with Crippen molar-refractivity contribution in [1.82, 2.24) is 4.31 Å². The molecule has 0 fully saturated rings. The zero-order valence-corrected chi connectivity index (χ0v) is 20.8. The van der Waals surface area contributed by atoms with Gasteiger partial charge in [0.05, 0.1) is 9.77 Å². The largest absolute Gasteiger partial charge is 0.321 e. The van der Waals surface area contributed by atoms with Crippen LogP contribution in [0.4, 0.5) is 11.4 Å². The van der Waals surface area contributed by atoms with Crippen molar-refractivity contribution in [3.8, 4) is 0 Å². The third kappa shape index (κ3) is 4.77. The smallest absolute Gasteiger partial charge is 0.265 e. The molecule has 9 heteroatoms. The number of benzene rings is 2. The maximum Gasteiger partial charge on any atom is 0.265 e. The van der Waals surface area contributed by atoms with E-state index < -0.39 is 10.0 Å². The lowest BCUT2D eigenvalue weighted by atomic mass is 10.0. The number of carbonyl (C=O) groups excluding carboxylic acids is 2. The Morgan fingerprint density at radius 2 is 1.85 bits per heavy atom. The van der Waals surface area contributed by atoms with Gasteiger partial charge in [-0.3, -0.25) is 9.59 Å². The third-order valence-corrected chi connectivity index (χ3v) is 8.78. The van der Waals surface area contributed by atoms with Gasteiger partial charge in [-0.2, -0.15) is 4.31 Å². The van der Waals surface area contributed by atoms with E-state index in [4.69, 9.17) is 0 Å². The molecule has 34 heavy (non-hydrogen) atoms. The molecular weight excluding hydrogens is 470 g/mol. The Balaban J connectivity index is 1.59. The molecule has 3 aromatic rings. The van der Waals surface area contributed by atoms with E-state index >= 15 is 0 Å². The first-order chi connectivity index (χ1) is 16.3. The van der Waals surface area contributed by atoms with Crippen molar-refractivity contribution in [3.05, 3.63) is 76.0 Å². The summed E-state index contributed by atoms with van der Waals surface area (Å²) in [5, 5.41) is 4.67. The van der Waals surface area contributed by atoms with Crippen LogP contribution >= 0.6 is 11.3 Å². The molecule has 0 saturated carbocycles. The first-order valence-corrected chi connectivity index (χ1v) is 13.6. The number of fused-ring (bicyclic) bond motifs is 1. The average molecular weight is 498 g/mol. The van der Waals surface area contributed by atoms with E-state index in [1.807, 2.05) is 25.3 Å². The van der Waals surface area contributed by atoms with Gasteiger partial charge in [0.15, 0.2) is 0 Å². The number of hydrogen-bond acceptors (Lipinski definition) is 5. The second kappa shape index (κ2) is 10.1. The summed E-state index contributed by atoms with van der Waals surface area (Å²) < 4.78 is 27.3. The summed E-state index contributed by atoms with van der Waals surface area (Å²) >= 11 is 1.35. The number of nitrogens with zero attached hydrogens (tertiary/aromatic N) is 2. The third-order valence-electron chi connectivity index (χ3n) is 5.87. The molecule has 0 bridgehead atoms. The standard InChI is InChI=1S/C25H27N3O4S2/c1-3-27(4-2)34(31,32)21-12-13-22-18(17-21)9-6-14-28(22)25(30)19-8-5-10-20(16-19)26-24(29)23-11-7-15-33-23/h5,7-8,10-13,15-17H,3-4,6,9,14H2,1-2H3,(H,26,29). The molecule has 2 heterocycles. The Labute approximate surface area is 204 Å². The summed E-state index contributed by atoms with van der Waals surface area (Å²) in [4.78, 5) is 28.3. The van der Waals surface area contributed by atoms with E-state index in [1.165, 1.54) is 15.6 Å². The minimum absolute atomic E-state index is 0.187. The van der Waals surface area contributed by atoms with Crippen molar-refractivity contribution in [2.24, 2.45) is 0 Å². The first-order valence-electron chi connectivity index (χ1n) is 11.2. The highest BCUT2D eigenvalue weighted by molar-refractivity contribution is 7.89. The van der Waals surface area contributed by atoms with Crippen molar-refractivity contribution < 1.29 is 18.0 Å². The molecular formula is C25H27N3O4S2. The first kappa shape index (κ1) is 24.1. The summed E-state index contributed by atoms with van der Waals surface area (Å²) in [6.45, 7) is 4.98. The number of aryl methyl sites for hydroxylation is 1. The van der Waals surface area contributed by atoms with Crippen LogP contribution in [0.25, 0.3) is 0 Å². The summed E-state index contributed by atoms with van der Waals surface area (Å²) in [6.07, 6.45) is 1.44. The van der Waals surface area contributed by atoms with Gasteiger partial charge in [-0.05, 0) is 66.2 Å². The normalized spacial score (nSPS) is 13.6. The average Bonchev–Trinajstić information content (AvgIpc) is 3.39. The highest BCUT2D eigenvalue weighted by atomic mass is 32.2. The Morgan fingerprint density at radius 3 is 2.56 bits per heavy atom. The minimum atomic E-state index is -3.57. The zero-order chi connectivity index (χ0) is 24.3. The maximum atomic E-state index is 13.4. The molecule has 4 rings (SSSR count). The van der Waals surface area contributed by atoms with Gasteiger partial charge in [-0.15, -0.1) is 11.3 Å². The fourth-order valence-electron chi connectivity index (χ4n) is 4.14. The van der Waals surface area contributed by atoms with Crippen LogP contribution < -0.4 is 10.2 Å². The zero-order valence-electron chi connectivity index (χ0n) is 19.2. The van der Waals surface area contributed by atoms with E-state index in [2.05, 4.69) is 5.32 Å². The number of hydrogen-bond donors (Lipinski definition) is 1. The van der Waals surface area contributed by atoms with E-state index in [9.17, 15) is 18.0 Å². The Morgan fingerprint density at radius 1 is 1.06 bits per heavy atom. The predicted octanol–water partition coefficient (Wildman–Crippen LogP) is 4.62. The lowest BCUT2D eigenvalue weighted by molar-refractivity contribution is 0.0982. The van der Waals surface area contributed by atoms with E-state index in [1.54, 1.807) is 53.4 Å². The molecule has 1 aliphatic heterocycles. The molecule has 1 N–H and O–H groups in total. The maximum absolute atomic E-state index is 13.4. The van der Waals surface area contributed by atoms with Crippen LogP contribution in [-0.2, 0) is 16.4 Å². The Hall–Kier alpha value is -3.01. The number of amides is 2. The molecule has 2 aromatic carbocycles. The van der Waals surface area contributed by atoms with Crippen LogP contribution in [-0.4, -0.2) is 44.2 Å². The summed E-state index contributed by atoms with van der Waals surface area (Å²) in [5.74, 6) is -0.405. The lowest BCUT2D eigenvalue weighted by Crippen LogP contribution is -2.36. The quantitative estimate of drug-likeness (QED) is 0.516. The molecule has 0 radical (unpaired) electrons. The topological polar surface area (TPSA) is 86.8 Å². The van der Waals surface area contributed by atoms with Crippen molar-refractivity contribution in [2.75, 3.05) is 29.9 Å². The molecule has 0 unspecified atom stereocenters. The number of nitrogens with one attached hydrogen (secondary N) is 1. The van der Waals surface area contributed by atoms with Gasteiger partial charge in [-0.1, -0.05) is 26.0 Å². The summed E-state index contributed by atoms with van der Waals surface area (Å²) in [5.41, 5.74) is 2.57. The number of thiophene rings is 1. The number of rotatable bonds is 7. The van der Waals surface area contributed by atoms with Crippen LogP contribution in [0.5, 0.6) is 0 Å². The second-order valence-electron chi connectivity index (χ2n) is 7.95. The van der Waals surface area contributed by atoms with Gasteiger partial charge in [0.2, 0.25) is 10.0 Å². The van der Waals surface area contributed by atoms with E-state index in [-0.39, 0.29) is 16.7 Å². The SMILES string of the molecule is CCN(CC)S(=O)(=O)c1ccc2c(c1)CCCN2C(=O)c1cccc(NC(=O)c2cccs2)c1. The van der Waals surface area contributed by atoms with Crippen molar-refractivity contribution in [2.45, 2.75) is 31.6 Å². The molecule has 7 nitrogen and oxygen atoms in total. The van der Waals surface area contributed by atoms with Crippen LogP contribution in [0.15, 0.2) is 64.9 Å². The summed E-state index contributed by atoms with van der Waals surface area (Å²) in [6, 6.07) is 15.4. The highest BCUT2D eigenvalue weighted by Crippen LogP contribution is 2.32. The molecule has 178 valence electrons. The molecule has 1 aromatic heterocycles. The highest BCUT2D eigenvalue weighted by Gasteiger charge is 2.27. The molecule has 0 atom stereocenters. The van der Waals surface area contributed by atoms with Gasteiger partial charge < -0.3 is 10.2 Å². The van der Waals surface area contributed by atoms with Gasteiger partial charge in [0.25, 0.3) is 11.8 Å². The van der Waals surface area contributed by atoms with Gasteiger partial charge >= 0.3 is 0 Å². The van der Waals surface area contributed by atoms with Gasteiger partial charge in [0, 0.05) is 36.6 Å². The van der Waals surface area contributed by atoms with E-state index in [0.717, 1.165) is 17.7 Å². The molecule has 2 amide bonds. The summed E-state index contributed by atoms with van der Waals surface area (Å²) in [7, 11) is -3.57. The monoisotopic (exact) mass is 497 g/mol. The second-order valence-corrected chi connectivity index (χ2v) is 10.8. The van der Waals surface area contributed by atoms with Crippen molar-refractivity contribution in [1.29, 1.82) is 0 Å². The van der Waals surface area contributed by atoms with Gasteiger partial charge in [-0.25, -0.2) is 8.42 Å². The van der Waals surface area contributed by atoms with Gasteiger partial charge in [0.1, 0.15) is 0 Å². The molecule has 1 aliphatic rings. The van der Waals surface area contributed by atoms with E-state index in [0.29, 0.717) is 42.2 Å². The lowest BCUT2D eigenvalue weighted by Gasteiger charge is -2.30. The van der Waals surface area contributed by atoms with Crippen molar-refractivity contribution in [3.63, 3.8) is 0 Å². The fraction of sp³-hybridized carbons (Fsp3) is 0.280. The van der Waals surface area contributed by atoms with Crippen LogP contribution in [0.1, 0.15) is 45.9 Å². The molecule has 0 aliphatic carbocycles. The number of anilines is 2. The Bertz CT molecular complexity index is 1300. The Kier molecular flexibility index (Phi) is 7.16. The minimum Gasteiger partial charge on any atom is -0.321 e. The van der Waals surface area contributed by atoms with Crippen LogP contribution in [0, 0.1) is 0 Å².